The summed E-state index contributed by atoms with van der Waals surface area (Å²) in [6.07, 6.45) is 1.05. The first-order valence-electron chi connectivity index (χ1n) is 6.30. The van der Waals surface area contributed by atoms with Gasteiger partial charge in [0.05, 0.1) is 4.92 Å². The van der Waals surface area contributed by atoms with Gasteiger partial charge in [-0.3, -0.25) is 10.1 Å². The lowest BCUT2D eigenvalue weighted by molar-refractivity contribution is -0.384. The van der Waals surface area contributed by atoms with E-state index in [4.69, 9.17) is 0 Å². The molecule has 0 spiro atoms. The molecule has 2 heterocycles. The molecule has 5 nitrogen and oxygen atoms in total. The Bertz CT molecular complexity index is 515. The summed E-state index contributed by atoms with van der Waals surface area (Å²) in [5, 5.41) is 14.5. The maximum absolute atomic E-state index is 11.1. The summed E-state index contributed by atoms with van der Waals surface area (Å²) >= 11 is 0. The molecule has 1 saturated heterocycles. The molecular formula is C13H17N3O2. The maximum atomic E-state index is 11.1. The lowest BCUT2D eigenvalue weighted by Gasteiger charge is -2.32. The molecule has 18 heavy (non-hydrogen) atoms. The Hall–Kier alpha value is -1.62. The van der Waals surface area contributed by atoms with Gasteiger partial charge in [0.15, 0.2) is 0 Å². The van der Waals surface area contributed by atoms with E-state index < -0.39 is 0 Å². The quantitative estimate of drug-likeness (QED) is 0.610. The van der Waals surface area contributed by atoms with Crippen LogP contribution in [0.5, 0.6) is 0 Å². The lowest BCUT2D eigenvalue weighted by Crippen LogP contribution is -2.39. The highest BCUT2D eigenvalue weighted by Gasteiger charge is 2.39. The Morgan fingerprint density at radius 3 is 3.00 bits per heavy atom. The predicted molar refractivity (Wildman–Crippen MR) is 70.1 cm³/mol. The number of hydrogen-bond donors (Lipinski definition) is 1. The van der Waals surface area contributed by atoms with Crippen LogP contribution in [0.3, 0.4) is 0 Å². The number of likely N-dealkylation sites (N-methyl/N-ethyl adjacent to an activating group) is 1. The molecule has 0 aliphatic carbocycles. The number of rotatable bonds is 1. The van der Waals surface area contributed by atoms with E-state index in [0.29, 0.717) is 12.0 Å². The van der Waals surface area contributed by atoms with E-state index in [0.717, 1.165) is 36.3 Å². The second-order valence-corrected chi connectivity index (χ2v) is 5.41. The fraction of sp³-hybridized carbons (Fsp3) is 0.538. The molecule has 1 N–H and O–H groups in total. The fourth-order valence-electron chi connectivity index (χ4n) is 3.18. The zero-order chi connectivity index (χ0) is 12.9. The molecular weight excluding hydrogens is 230 g/mol. The highest BCUT2D eigenvalue weighted by atomic mass is 16.6. The number of nitro benzene ring substituents is 1. The molecule has 1 aromatic carbocycles. The lowest BCUT2D eigenvalue weighted by atomic mass is 9.89. The number of nitro groups is 1. The van der Waals surface area contributed by atoms with Crippen molar-refractivity contribution in [2.45, 2.75) is 25.3 Å². The van der Waals surface area contributed by atoms with Crippen molar-refractivity contribution < 1.29 is 4.92 Å². The molecule has 0 unspecified atom stereocenters. The van der Waals surface area contributed by atoms with E-state index in [1.807, 2.05) is 6.92 Å². The Morgan fingerprint density at radius 1 is 1.50 bits per heavy atom. The van der Waals surface area contributed by atoms with Crippen molar-refractivity contribution in [3.8, 4) is 0 Å². The summed E-state index contributed by atoms with van der Waals surface area (Å²) in [5.74, 6) is 0.386. The second kappa shape index (κ2) is 3.95. The number of likely N-dealkylation sites (tertiary alicyclic amines) is 1. The van der Waals surface area contributed by atoms with E-state index in [-0.39, 0.29) is 10.6 Å². The summed E-state index contributed by atoms with van der Waals surface area (Å²) < 4.78 is 0. The Morgan fingerprint density at radius 2 is 2.28 bits per heavy atom. The first-order valence-corrected chi connectivity index (χ1v) is 6.30. The van der Waals surface area contributed by atoms with Crippen LogP contribution in [0.25, 0.3) is 0 Å². The molecule has 96 valence electrons. The van der Waals surface area contributed by atoms with Crippen LogP contribution in [0, 0.1) is 17.0 Å². The molecule has 0 amide bonds. The number of fused-ring (bicyclic) bond motifs is 3. The fourth-order valence-corrected chi connectivity index (χ4v) is 3.18. The topological polar surface area (TPSA) is 58.4 Å². The molecule has 1 fully saturated rings. The number of nitrogens with one attached hydrogen (secondary N) is 1. The molecule has 0 aromatic heterocycles. The second-order valence-electron chi connectivity index (χ2n) is 5.41. The number of nitrogens with zero attached hydrogens (tertiary/aromatic N) is 2. The van der Waals surface area contributed by atoms with Crippen molar-refractivity contribution in [2.24, 2.45) is 0 Å². The van der Waals surface area contributed by atoms with Gasteiger partial charge >= 0.3 is 0 Å². The summed E-state index contributed by atoms with van der Waals surface area (Å²) in [5.41, 5.74) is 3.06. The number of anilines is 1. The third-order valence-corrected chi connectivity index (χ3v) is 4.03. The molecule has 1 aromatic rings. The summed E-state index contributed by atoms with van der Waals surface area (Å²) in [4.78, 5) is 13.2. The standard InChI is InChI=1S/C13H17N3O2/c1-8-5-9-10-7-15(2)4-3-11(10)14-13(9)12(6-8)16(17)18/h5-6,10-11,14H,3-4,7H2,1-2H3/t10-,11-/m0/s1. The van der Waals surface area contributed by atoms with Gasteiger partial charge in [0.25, 0.3) is 5.69 Å². The van der Waals surface area contributed by atoms with Crippen LogP contribution < -0.4 is 5.32 Å². The number of benzene rings is 1. The Kier molecular flexibility index (Phi) is 2.52. The van der Waals surface area contributed by atoms with E-state index in [2.05, 4.69) is 23.3 Å². The van der Waals surface area contributed by atoms with Crippen LogP contribution in [0.4, 0.5) is 11.4 Å². The number of hydrogen-bond acceptors (Lipinski definition) is 4. The monoisotopic (exact) mass is 247 g/mol. The maximum Gasteiger partial charge on any atom is 0.292 e. The van der Waals surface area contributed by atoms with Crippen molar-refractivity contribution in [2.75, 3.05) is 25.5 Å². The van der Waals surface area contributed by atoms with Crippen LogP contribution in [0.15, 0.2) is 12.1 Å². The SMILES string of the molecule is Cc1cc2c(c([N+](=O)[O-])c1)N[C@H]1CCN(C)C[C@@H]21. The number of aryl methyl sites for hydroxylation is 1. The molecule has 2 aliphatic rings. The summed E-state index contributed by atoms with van der Waals surface area (Å²) in [7, 11) is 2.11. The molecule has 0 radical (unpaired) electrons. The zero-order valence-electron chi connectivity index (χ0n) is 10.6. The average Bonchev–Trinajstić information content (AvgIpc) is 2.66. The smallest absolute Gasteiger partial charge is 0.292 e. The molecule has 2 aliphatic heterocycles. The van der Waals surface area contributed by atoms with Crippen LogP contribution in [0.1, 0.15) is 23.5 Å². The highest BCUT2D eigenvalue weighted by Crippen LogP contribution is 2.44. The number of piperidine rings is 1. The average molecular weight is 247 g/mol. The van der Waals surface area contributed by atoms with Gasteiger partial charge in [0, 0.05) is 24.6 Å². The third kappa shape index (κ3) is 1.66. The van der Waals surface area contributed by atoms with Gasteiger partial charge in [-0.2, -0.15) is 0 Å². The molecule has 5 heteroatoms. The van der Waals surface area contributed by atoms with Gasteiger partial charge in [0.1, 0.15) is 5.69 Å². The van der Waals surface area contributed by atoms with Crippen LogP contribution in [0.2, 0.25) is 0 Å². The van der Waals surface area contributed by atoms with Gasteiger partial charge in [0.2, 0.25) is 0 Å². The van der Waals surface area contributed by atoms with Crippen molar-refractivity contribution in [1.82, 2.24) is 4.90 Å². The molecule has 0 bridgehead atoms. The van der Waals surface area contributed by atoms with Gasteiger partial charge < -0.3 is 10.2 Å². The first kappa shape index (κ1) is 11.5. The van der Waals surface area contributed by atoms with E-state index in [1.54, 1.807) is 6.07 Å². The van der Waals surface area contributed by atoms with E-state index in [1.165, 1.54) is 0 Å². The highest BCUT2D eigenvalue weighted by molar-refractivity contribution is 5.72. The van der Waals surface area contributed by atoms with Gasteiger partial charge in [-0.25, -0.2) is 0 Å². The summed E-state index contributed by atoms with van der Waals surface area (Å²) in [6.45, 7) is 3.95. The van der Waals surface area contributed by atoms with Gasteiger partial charge in [-0.1, -0.05) is 6.07 Å². The van der Waals surface area contributed by atoms with Crippen LogP contribution in [-0.4, -0.2) is 36.0 Å². The molecule has 0 saturated carbocycles. The zero-order valence-corrected chi connectivity index (χ0v) is 10.6. The van der Waals surface area contributed by atoms with Gasteiger partial charge in [-0.05, 0) is 38.1 Å². The first-order chi connectivity index (χ1) is 8.56. The van der Waals surface area contributed by atoms with Crippen molar-refractivity contribution >= 4 is 11.4 Å². The van der Waals surface area contributed by atoms with Crippen LogP contribution in [-0.2, 0) is 0 Å². The normalized spacial score (nSPS) is 26.3. The minimum atomic E-state index is -0.278. The molecule has 3 rings (SSSR count). The van der Waals surface area contributed by atoms with E-state index >= 15 is 0 Å². The predicted octanol–water partition coefficient (Wildman–Crippen LogP) is 2.12. The van der Waals surface area contributed by atoms with Crippen molar-refractivity contribution in [1.29, 1.82) is 0 Å². The van der Waals surface area contributed by atoms with Crippen LogP contribution >= 0.6 is 0 Å². The Balaban J connectivity index is 2.08. The minimum Gasteiger partial charge on any atom is -0.376 e. The van der Waals surface area contributed by atoms with E-state index in [9.17, 15) is 10.1 Å². The molecule has 2 atom stereocenters. The third-order valence-electron chi connectivity index (χ3n) is 4.03. The van der Waals surface area contributed by atoms with Gasteiger partial charge in [-0.15, -0.1) is 0 Å². The van der Waals surface area contributed by atoms with Crippen molar-refractivity contribution in [3.63, 3.8) is 0 Å². The largest absolute Gasteiger partial charge is 0.376 e. The summed E-state index contributed by atoms with van der Waals surface area (Å²) in [6, 6.07) is 4.11. The Labute approximate surface area is 106 Å². The minimum absolute atomic E-state index is 0.224. The van der Waals surface area contributed by atoms with Crippen molar-refractivity contribution in [3.05, 3.63) is 33.4 Å².